The molecule has 17 heavy (non-hydrogen) atoms. The van der Waals surface area contributed by atoms with Crippen LogP contribution in [0.3, 0.4) is 0 Å². The Balaban J connectivity index is 1.93. The number of unbranched alkanes of at least 4 members (excludes halogenated alkanes) is 1. The minimum atomic E-state index is 0.243. The first-order valence-corrected chi connectivity index (χ1v) is 8.18. The molecule has 1 saturated heterocycles. The van der Waals surface area contributed by atoms with E-state index in [1.165, 1.54) is 25.0 Å². The standard InChI is InChI=1S/C13H26N2OS/c1-17-11-3-2-8-15-13(16)5-4-12-6-9-14-10-7-12/h12,14H,2-11H2,1H3,(H,15,16). The summed E-state index contributed by atoms with van der Waals surface area (Å²) in [6.45, 7) is 3.10. The molecule has 1 aliphatic rings. The molecule has 0 unspecified atom stereocenters. The van der Waals surface area contributed by atoms with E-state index in [1.807, 2.05) is 11.8 Å². The van der Waals surface area contributed by atoms with Crippen LogP contribution in [0.1, 0.15) is 38.5 Å². The Morgan fingerprint density at radius 1 is 1.35 bits per heavy atom. The molecular weight excluding hydrogens is 232 g/mol. The molecule has 0 bridgehead atoms. The summed E-state index contributed by atoms with van der Waals surface area (Å²) in [5.41, 5.74) is 0. The van der Waals surface area contributed by atoms with Gasteiger partial charge in [-0.25, -0.2) is 0 Å². The van der Waals surface area contributed by atoms with Crippen LogP contribution in [0.4, 0.5) is 0 Å². The van der Waals surface area contributed by atoms with Crippen molar-refractivity contribution in [3.05, 3.63) is 0 Å². The lowest BCUT2D eigenvalue weighted by molar-refractivity contribution is -0.121. The number of amides is 1. The van der Waals surface area contributed by atoms with Gasteiger partial charge in [0.1, 0.15) is 0 Å². The fraction of sp³-hybridized carbons (Fsp3) is 0.923. The highest BCUT2D eigenvalue weighted by atomic mass is 32.2. The Morgan fingerprint density at radius 2 is 2.12 bits per heavy atom. The van der Waals surface area contributed by atoms with E-state index in [4.69, 9.17) is 0 Å². The van der Waals surface area contributed by atoms with E-state index in [0.29, 0.717) is 6.42 Å². The van der Waals surface area contributed by atoms with Crippen LogP contribution < -0.4 is 10.6 Å². The van der Waals surface area contributed by atoms with Gasteiger partial charge in [-0.05, 0) is 63.1 Å². The number of carbonyl (C=O) groups excluding carboxylic acids is 1. The first-order chi connectivity index (χ1) is 8.33. The number of carbonyl (C=O) groups is 1. The second-order valence-electron chi connectivity index (χ2n) is 4.78. The molecule has 1 rings (SSSR count). The Kier molecular flexibility index (Phi) is 8.53. The monoisotopic (exact) mass is 258 g/mol. The van der Waals surface area contributed by atoms with Gasteiger partial charge in [-0.3, -0.25) is 4.79 Å². The molecule has 2 N–H and O–H groups in total. The molecule has 100 valence electrons. The quantitative estimate of drug-likeness (QED) is 0.655. The lowest BCUT2D eigenvalue weighted by Gasteiger charge is -2.22. The molecule has 3 nitrogen and oxygen atoms in total. The molecule has 0 aliphatic carbocycles. The minimum absolute atomic E-state index is 0.243. The predicted octanol–water partition coefficient (Wildman–Crippen LogP) is 2.03. The molecule has 0 aromatic heterocycles. The average molecular weight is 258 g/mol. The zero-order valence-electron chi connectivity index (χ0n) is 11.0. The van der Waals surface area contributed by atoms with E-state index in [2.05, 4.69) is 16.9 Å². The van der Waals surface area contributed by atoms with E-state index in [-0.39, 0.29) is 5.91 Å². The highest BCUT2D eigenvalue weighted by Gasteiger charge is 2.13. The fourth-order valence-corrected chi connectivity index (χ4v) is 2.69. The Hall–Kier alpha value is -0.220. The summed E-state index contributed by atoms with van der Waals surface area (Å²) >= 11 is 1.87. The average Bonchev–Trinajstić information content (AvgIpc) is 2.37. The molecule has 0 spiro atoms. The smallest absolute Gasteiger partial charge is 0.220 e. The molecule has 0 aromatic rings. The van der Waals surface area contributed by atoms with Gasteiger partial charge in [0.2, 0.25) is 5.91 Å². The molecule has 0 radical (unpaired) electrons. The van der Waals surface area contributed by atoms with Crippen LogP contribution in [0.25, 0.3) is 0 Å². The highest BCUT2D eigenvalue weighted by Crippen LogP contribution is 2.17. The molecule has 0 atom stereocenters. The lowest BCUT2D eigenvalue weighted by atomic mass is 9.93. The van der Waals surface area contributed by atoms with Gasteiger partial charge in [0.05, 0.1) is 0 Å². The zero-order valence-corrected chi connectivity index (χ0v) is 11.8. The number of piperidine rings is 1. The van der Waals surface area contributed by atoms with Crippen LogP contribution >= 0.6 is 11.8 Å². The normalized spacial score (nSPS) is 17.0. The second-order valence-corrected chi connectivity index (χ2v) is 5.77. The summed E-state index contributed by atoms with van der Waals surface area (Å²) in [5.74, 6) is 2.21. The van der Waals surface area contributed by atoms with Crippen LogP contribution in [-0.2, 0) is 4.79 Å². The van der Waals surface area contributed by atoms with Crippen LogP contribution in [0.15, 0.2) is 0 Å². The molecule has 1 amide bonds. The summed E-state index contributed by atoms with van der Waals surface area (Å²) in [7, 11) is 0. The van der Waals surface area contributed by atoms with Gasteiger partial charge in [0.15, 0.2) is 0 Å². The van der Waals surface area contributed by atoms with E-state index < -0.39 is 0 Å². The maximum absolute atomic E-state index is 11.6. The largest absolute Gasteiger partial charge is 0.356 e. The summed E-state index contributed by atoms with van der Waals surface area (Å²) in [5, 5.41) is 6.37. The molecule has 0 aromatic carbocycles. The highest BCUT2D eigenvalue weighted by molar-refractivity contribution is 7.98. The van der Waals surface area contributed by atoms with Gasteiger partial charge in [-0.2, -0.15) is 11.8 Å². The number of rotatable bonds is 8. The first kappa shape index (κ1) is 14.8. The number of hydrogen-bond acceptors (Lipinski definition) is 3. The fourth-order valence-electron chi connectivity index (χ4n) is 2.19. The van der Waals surface area contributed by atoms with Crippen molar-refractivity contribution in [2.45, 2.75) is 38.5 Å². The van der Waals surface area contributed by atoms with Crippen molar-refractivity contribution in [1.82, 2.24) is 10.6 Å². The van der Waals surface area contributed by atoms with Crippen molar-refractivity contribution in [2.24, 2.45) is 5.92 Å². The van der Waals surface area contributed by atoms with Crippen molar-refractivity contribution < 1.29 is 4.79 Å². The summed E-state index contributed by atoms with van der Waals surface area (Å²) in [6.07, 6.45) is 8.70. The van der Waals surface area contributed by atoms with Crippen molar-refractivity contribution in [2.75, 3.05) is 31.6 Å². The molecule has 0 saturated carbocycles. The SMILES string of the molecule is CSCCCCNC(=O)CCC1CCNCC1. The number of nitrogens with one attached hydrogen (secondary N) is 2. The Labute approximate surface area is 109 Å². The topological polar surface area (TPSA) is 41.1 Å². The zero-order chi connectivity index (χ0) is 12.3. The summed E-state index contributed by atoms with van der Waals surface area (Å²) < 4.78 is 0. The maximum Gasteiger partial charge on any atom is 0.220 e. The van der Waals surface area contributed by atoms with Gasteiger partial charge in [-0.1, -0.05) is 0 Å². The van der Waals surface area contributed by atoms with Crippen LogP contribution in [-0.4, -0.2) is 37.6 Å². The predicted molar refractivity (Wildman–Crippen MR) is 75.5 cm³/mol. The van der Waals surface area contributed by atoms with E-state index in [1.54, 1.807) is 0 Å². The lowest BCUT2D eigenvalue weighted by Crippen LogP contribution is -2.29. The van der Waals surface area contributed by atoms with Crippen molar-refractivity contribution in [3.63, 3.8) is 0 Å². The van der Waals surface area contributed by atoms with E-state index >= 15 is 0 Å². The minimum Gasteiger partial charge on any atom is -0.356 e. The van der Waals surface area contributed by atoms with Crippen molar-refractivity contribution in [3.8, 4) is 0 Å². The summed E-state index contributed by atoms with van der Waals surface area (Å²) in [4.78, 5) is 11.6. The van der Waals surface area contributed by atoms with Gasteiger partial charge >= 0.3 is 0 Å². The molecule has 1 aliphatic heterocycles. The van der Waals surface area contributed by atoms with Crippen LogP contribution in [0, 0.1) is 5.92 Å². The Bertz CT molecular complexity index is 206. The van der Waals surface area contributed by atoms with Crippen LogP contribution in [0.5, 0.6) is 0 Å². The summed E-state index contributed by atoms with van der Waals surface area (Å²) in [6, 6.07) is 0. The van der Waals surface area contributed by atoms with E-state index in [9.17, 15) is 4.79 Å². The Morgan fingerprint density at radius 3 is 2.82 bits per heavy atom. The third kappa shape index (κ3) is 7.66. The number of thioether (sulfide) groups is 1. The molecular formula is C13H26N2OS. The molecule has 1 fully saturated rings. The van der Waals surface area contributed by atoms with Crippen molar-refractivity contribution in [1.29, 1.82) is 0 Å². The second kappa shape index (κ2) is 9.77. The van der Waals surface area contributed by atoms with Crippen molar-refractivity contribution >= 4 is 17.7 Å². The number of hydrogen-bond donors (Lipinski definition) is 2. The third-order valence-electron chi connectivity index (χ3n) is 3.34. The first-order valence-electron chi connectivity index (χ1n) is 6.79. The molecule has 4 heteroatoms. The van der Waals surface area contributed by atoms with Gasteiger partial charge in [-0.15, -0.1) is 0 Å². The third-order valence-corrected chi connectivity index (χ3v) is 4.03. The maximum atomic E-state index is 11.6. The van der Waals surface area contributed by atoms with Gasteiger partial charge in [0.25, 0.3) is 0 Å². The molecule has 1 heterocycles. The van der Waals surface area contributed by atoms with Gasteiger partial charge < -0.3 is 10.6 Å². The van der Waals surface area contributed by atoms with E-state index in [0.717, 1.165) is 38.4 Å². The van der Waals surface area contributed by atoms with Crippen LogP contribution in [0.2, 0.25) is 0 Å². The van der Waals surface area contributed by atoms with Gasteiger partial charge in [0, 0.05) is 13.0 Å².